The van der Waals surface area contributed by atoms with Gasteiger partial charge in [-0.1, -0.05) is 18.0 Å². The van der Waals surface area contributed by atoms with Crippen LogP contribution in [0.1, 0.15) is 36.0 Å². The number of esters is 1. The number of hydrogen-bond donors (Lipinski definition) is 1. The van der Waals surface area contributed by atoms with Gasteiger partial charge in [0.05, 0.1) is 28.8 Å². The summed E-state index contributed by atoms with van der Waals surface area (Å²) in [6.07, 6.45) is 4.71. The Labute approximate surface area is 149 Å². The monoisotopic (exact) mass is 366 g/mol. The first kappa shape index (κ1) is 16.6. The smallest absolute Gasteiger partial charge is 0.346 e. The van der Waals surface area contributed by atoms with E-state index in [2.05, 4.69) is 10.1 Å². The van der Waals surface area contributed by atoms with Crippen LogP contribution >= 0.6 is 11.6 Å². The Kier molecular flexibility index (Phi) is 3.88. The molecule has 0 aromatic heterocycles. The van der Waals surface area contributed by atoms with Crippen molar-refractivity contribution in [1.82, 2.24) is 0 Å². The van der Waals surface area contributed by atoms with Crippen LogP contribution in [-0.2, 0) is 9.47 Å². The van der Waals surface area contributed by atoms with Gasteiger partial charge < -0.3 is 14.8 Å². The lowest BCUT2D eigenvalue weighted by molar-refractivity contribution is -0.385. The highest BCUT2D eigenvalue weighted by Crippen LogP contribution is 2.63. The average molecular weight is 367 g/mol. The van der Waals surface area contributed by atoms with Crippen molar-refractivity contribution in [1.29, 1.82) is 0 Å². The van der Waals surface area contributed by atoms with Crippen LogP contribution in [-0.4, -0.2) is 36.8 Å². The summed E-state index contributed by atoms with van der Waals surface area (Å²) >= 11 is 6.35. The van der Waals surface area contributed by atoms with E-state index in [4.69, 9.17) is 16.3 Å². The van der Waals surface area contributed by atoms with Crippen molar-refractivity contribution < 1.29 is 19.2 Å². The second-order valence-electron chi connectivity index (χ2n) is 7.02. The van der Waals surface area contributed by atoms with Gasteiger partial charge in [0.2, 0.25) is 0 Å². The predicted molar refractivity (Wildman–Crippen MR) is 91.0 cm³/mol. The van der Waals surface area contributed by atoms with Crippen LogP contribution in [0.3, 0.4) is 0 Å². The standard InChI is InChI=1S/C17H19ClN2O5/c1-24-16(21)12-11(20(22)23)4-3-10(13(12)18)19-14-9-5-8-25-15(9)17(14)6-2-7-17/h3-4,9,14-15,19H,2,5-8H2,1H3. The fraction of sp³-hybridized carbons (Fsp3) is 0.588. The Balaban J connectivity index is 1.67. The van der Waals surface area contributed by atoms with E-state index in [1.807, 2.05) is 0 Å². The zero-order valence-corrected chi connectivity index (χ0v) is 14.5. The average Bonchev–Trinajstić information content (AvgIpc) is 2.96. The minimum absolute atomic E-state index is 0.0397. The number of methoxy groups -OCH3 is 1. The number of carbonyl (C=O) groups excluding carboxylic acids is 1. The molecule has 134 valence electrons. The fourth-order valence-electron chi connectivity index (χ4n) is 4.75. The van der Waals surface area contributed by atoms with Crippen LogP contribution in [0, 0.1) is 21.4 Å². The van der Waals surface area contributed by atoms with Crippen molar-refractivity contribution in [3.8, 4) is 0 Å². The van der Waals surface area contributed by atoms with Gasteiger partial charge in [-0.3, -0.25) is 10.1 Å². The number of nitrogens with zero attached hydrogens (tertiary/aromatic N) is 1. The molecule has 1 heterocycles. The van der Waals surface area contributed by atoms with E-state index in [0.717, 1.165) is 25.9 Å². The molecule has 0 amide bonds. The molecule has 1 saturated heterocycles. The van der Waals surface area contributed by atoms with E-state index in [9.17, 15) is 14.9 Å². The quantitative estimate of drug-likeness (QED) is 0.499. The van der Waals surface area contributed by atoms with Crippen LogP contribution in [0.25, 0.3) is 0 Å². The topological polar surface area (TPSA) is 90.7 Å². The highest BCUT2D eigenvalue weighted by molar-refractivity contribution is 6.36. The van der Waals surface area contributed by atoms with Gasteiger partial charge in [0.25, 0.3) is 5.69 Å². The number of halogens is 1. The maximum Gasteiger partial charge on any atom is 0.346 e. The molecule has 3 atom stereocenters. The largest absolute Gasteiger partial charge is 0.465 e. The van der Waals surface area contributed by atoms with Crippen molar-refractivity contribution in [2.45, 2.75) is 37.8 Å². The maximum absolute atomic E-state index is 12.0. The number of anilines is 1. The fourth-order valence-corrected chi connectivity index (χ4v) is 5.04. The number of nitro benzene ring substituents is 1. The van der Waals surface area contributed by atoms with E-state index < -0.39 is 10.9 Å². The molecule has 2 aliphatic carbocycles. The molecule has 1 N–H and O–H groups in total. The Bertz CT molecular complexity index is 749. The van der Waals surface area contributed by atoms with Gasteiger partial charge in [0, 0.05) is 30.0 Å². The van der Waals surface area contributed by atoms with E-state index in [1.54, 1.807) is 6.07 Å². The third kappa shape index (κ3) is 2.25. The number of fused-ring (bicyclic) bond motifs is 2. The van der Waals surface area contributed by atoms with Gasteiger partial charge in [0.1, 0.15) is 0 Å². The number of rotatable bonds is 4. The molecule has 25 heavy (non-hydrogen) atoms. The van der Waals surface area contributed by atoms with Gasteiger partial charge in [-0.05, 0) is 25.3 Å². The zero-order chi connectivity index (χ0) is 17.8. The third-order valence-electron chi connectivity index (χ3n) is 6.05. The van der Waals surface area contributed by atoms with Crippen LogP contribution < -0.4 is 5.32 Å². The first-order valence-corrected chi connectivity index (χ1v) is 8.81. The van der Waals surface area contributed by atoms with Crippen molar-refractivity contribution >= 4 is 28.9 Å². The molecule has 4 rings (SSSR count). The van der Waals surface area contributed by atoms with Crippen LogP contribution in [0.2, 0.25) is 5.02 Å². The van der Waals surface area contributed by atoms with Gasteiger partial charge in [-0.25, -0.2) is 4.79 Å². The first-order valence-electron chi connectivity index (χ1n) is 8.43. The van der Waals surface area contributed by atoms with Gasteiger partial charge >= 0.3 is 5.97 Å². The number of nitro groups is 1. The lowest BCUT2D eigenvalue weighted by Crippen LogP contribution is -2.68. The second-order valence-corrected chi connectivity index (χ2v) is 7.40. The molecule has 7 nitrogen and oxygen atoms in total. The van der Waals surface area contributed by atoms with Crippen molar-refractivity contribution in [2.24, 2.45) is 11.3 Å². The molecule has 1 aliphatic heterocycles. The Morgan fingerprint density at radius 1 is 1.48 bits per heavy atom. The molecular formula is C17H19ClN2O5. The van der Waals surface area contributed by atoms with E-state index in [1.165, 1.54) is 19.6 Å². The van der Waals surface area contributed by atoms with Crippen LogP contribution in [0.4, 0.5) is 11.4 Å². The molecule has 1 aromatic rings. The van der Waals surface area contributed by atoms with Crippen LogP contribution in [0.5, 0.6) is 0 Å². The second kappa shape index (κ2) is 5.85. The summed E-state index contributed by atoms with van der Waals surface area (Å²) in [7, 11) is 1.18. The number of nitrogens with one attached hydrogen (secondary N) is 1. The molecule has 0 radical (unpaired) electrons. The van der Waals surface area contributed by atoms with E-state index in [0.29, 0.717) is 17.7 Å². The van der Waals surface area contributed by atoms with Gasteiger partial charge in [-0.15, -0.1) is 0 Å². The van der Waals surface area contributed by atoms with Gasteiger partial charge in [-0.2, -0.15) is 0 Å². The number of carbonyl (C=O) groups is 1. The molecule has 1 spiro atoms. The minimum atomic E-state index is -0.811. The summed E-state index contributed by atoms with van der Waals surface area (Å²) in [6, 6.07) is 3.09. The Hall–Kier alpha value is -1.86. The molecule has 8 heteroatoms. The molecule has 1 aromatic carbocycles. The number of benzene rings is 1. The van der Waals surface area contributed by atoms with E-state index >= 15 is 0 Å². The lowest BCUT2D eigenvalue weighted by atomic mass is 9.46. The first-order chi connectivity index (χ1) is 12.0. The highest BCUT2D eigenvalue weighted by Gasteiger charge is 2.66. The summed E-state index contributed by atoms with van der Waals surface area (Å²) in [5.41, 5.74) is 0.114. The van der Waals surface area contributed by atoms with Crippen molar-refractivity contribution in [3.63, 3.8) is 0 Å². The van der Waals surface area contributed by atoms with Crippen molar-refractivity contribution in [2.75, 3.05) is 19.0 Å². The SMILES string of the molecule is COC(=O)c1c([N+](=O)[O-])ccc(NC2C3CCOC3C23CCC3)c1Cl. The molecule has 3 unspecified atom stereocenters. The maximum atomic E-state index is 12.0. The number of ether oxygens (including phenoxy) is 2. The third-order valence-corrected chi connectivity index (χ3v) is 6.45. The Morgan fingerprint density at radius 2 is 2.24 bits per heavy atom. The Morgan fingerprint density at radius 3 is 2.84 bits per heavy atom. The molecular weight excluding hydrogens is 348 g/mol. The van der Waals surface area contributed by atoms with Crippen LogP contribution in [0.15, 0.2) is 12.1 Å². The summed E-state index contributed by atoms with van der Waals surface area (Å²) in [5, 5.41) is 14.7. The number of hydrogen-bond acceptors (Lipinski definition) is 6. The molecule has 3 aliphatic rings. The summed E-state index contributed by atoms with van der Waals surface area (Å²) in [4.78, 5) is 22.6. The summed E-state index contributed by atoms with van der Waals surface area (Å²) in [5.74, 6) is -0.387. The summed E-state index contributed by atoms with van der Waals surface area (Å²) < 4.78 is 10.6. The van der Waals surface area contributed by atoms with Crippen molar-refractivity contribution in [3.05, 3.63) is 32.8 Å². The minimum Gasteiger partial charge on any atom is -0.465 e. The normalized spacial score (nSPS) is 28.6. The lowest BCUT2D eigenvalue weighted by Gasteiger charge is -2.63. The van der Waals surface area contributed by atoms with Gasteiger partial charge in [0.15, 0.2) is 5.56 Å². The van der Waals surface area contributed by atoms with E-state index in [-0.39, 0.29) is 27.7 Å². The summed E-state index contributed by atoms with van der Waals surface area (Å²) in [6.45, 7) is 0.774. The molecule has 2 saturated carbocycles. The predicted octanol–water partition coefficient (Wildman–Crippen LogP) is 3.40. The zero-order valence-electron chi connectivity index (χ0n) is 13.8. The highest BCUT2D eigenvalue weighted by atomic mass is 35.5. The molecule has 0 bridgehead atoms. The molecule has 3 fully saturated rings.